The number of aliphatic hydroxyl groups excluding tert-OH is 2. The molecule has 0 aromatic carbocycles. The van der Waals surface area contributed by atoms with Gasteiger partial charge in [-0.2, -0.15) is 0 Å². The number of ether oxygens (including phenoxy) is 1. The first-order valence-corrected chi connectivity index (χ1v) is 7.66. The van der Waals surface area contributed by atoms with Crippen LogP contribution < -0.4 is 0 Å². The second-order valence-corrected chi connectivity index (χ2v) is 7.26. The molecule has 0 aromatic heterocycles. The number of hydrogen-bond acceptors (Lipinski definition) is 5. The Labute approximate surface area is 103 Å². The predicted molar refractivity (Wildman–Crippen MR) is 64.5 cm³/mol. The van der Waals surface area contributed by atoms with Gasteiger partial charge in [0.15, 0.2) is 9.84 Å². The average Bonchev–Trinajstić information content (AvgIpc) is 2.66. The van der Waals surface area contributed by atoms with E-state index in [0.717, 1.165) is 0 Å². The molecule has 0 aromatic rings. The molecule has 6 heteroatoms. The predicted octanol–water partition coefficient (Wildman–Crippen LogP) is -0.183. The van der Waals surface area contributed by atoms with Gasteiger partial charge in [0.2, 0.25) is 0 Å². The zero-order valence-electron chi connectivity index (χ0n) is 10.4. The maximum absolute atomic E-state index is 11.5. The Morgan fingerprint density at radius 2 is 2.00 bits per heavy atom. The fourth-order valence-corrected chi connectivity index (χ4v) is 4.48. The maximum Gasteiger partial charge on any atom is 0.150 e. The van der Waals surface area contributed by atoms with Gasteiger partial charge >= 0.3 is 0 Å². The van der Waals surface area contributed by atoms with Crippen molar-refractivity contribution in [2.45, 2.75) is 25.9 Å². The second-order valence-electron chi connectivity index (χ2n) is 5.03. The van der Waals surface area contributed by atoms with Crippen molar-refractivity contribution in [2.24, 2.45) is 11.3 Å². The highest BCUT2D eigenvalue weighted by Crippen LogP contribution is 2.39. The molecule has 1 aliphatic heterocycles. The van der Waals surface area contributed by atoms with Crippen molar-refractivity contribution in [2.75, 3.05) is 31.8 Å². The largest absolute Gasteiger partial charge is 0.396 e. The third kappa shape index (κ3) is 3.40. The molecule has 0 bridgehead atoms. The standard InChI is InChI=1S/C11H22O5S/c1-9(16-2)5-11(7-12,8-13)10-3-4-17(14,15)6-10/h9-10,12-13H,3-8H2,1-2H3. The van der Waals surface area contributed by atoms with E-state index in [1.165, 1.54) is 0 Å². The molecular formula is C11H22O5S. The fourth-order valence-electron chi connectivity index (χ4n) is 2.54. The molecule has 0 saturated carbocycles. The Hall–Kier alpha value is -0.170. The van der Waals surface area contributed by atoms with E-state index in [2.05, 4.69) is 0 Å². The molecule has 5 nitrogen and oxygen atoms in total. The van der Waals surface area contributed by atoms with Crippen LogP contribution in [0.5, 0.6) is 0 Å². The van der Waals surface area contributed by atoms with Crippen LogP contribution in [0.15, 0.2) is 0 Å². The Bertz CT molecular complexity index is 334. The molecule has 0 amide bonds. The molecule has 1 saturated heterocycles. The molecule has 1 rings (SSSR count). The van der Waals surface area contributed by atoms with Crippen molar-refractivity contribution in [3.8, 4) is 0 Å². The zero-order chi connectivity index (χ0) is 13.1. The third-order valence-electron chi connectivity index (χ3n) is 3.82. The van der Waals surface area contributed by atoms with Crippen LogP contribution in [0.3, 0.4) is 0 Å². The molecule has 17 heavy (non-hydrogen) atoms. The summed E-state index contributed by atoms with van der Waals surface area (Å²) in [4.78, 5) is 0. The summed E-state index contributed by atoms with van der Waals surface area (Å²) in [6.07, 6.45) is 0.869. The van der Waals surface area contributed by atoms with Crippen molar-refractivity contribution in [1.29, 1.82) is 0 Å². The third-order valence-corrected chi connectivity index (χ3v) is 5.59. The van der Waals surface area contributed by atoms with Crippen LogP contribution in [0.2, 0.25) is 0 Å². The Morgan fingerprint density at radius 1 is 1.41 bits per heavy atom. The van der Waals surface area contributed by atoms with E-state index >= 15 is 0 Å². The first-order chi connectivity index (χ1) is 7.89. The SMILES string of the molecule is COC(C)CC(CO)(CO)C1CCS(=O)(=O)C1. The average molecular weight is 266 g/mol. The van der Waals surface area contributed by atoms with Crippen molar-refractivity contribution in [3.63, 3.8) is 0 Å². The molecule has 1 heterocycles. The number of aliphatic hydroxyl groups is 2. The van der Waals surface area contributed by atoms with Crippen LogP contribution in [0.1, 0.15) is 19.8 Å². The lowest BCUT2D eigenvalue weighted by molar-refractivity contribution is -0.0339. The number of sulfone groups is 1. The van der Waals surface area contributed by atoms with Gasteiger partial charge in [0.25, 0.3) is 0 Å². The molecule has 0 radical (unpaired) electrons. The first kappa shape index (κ1) is 14.9. The van der Waals surface area contributed by atoms with Crippen molar-refractivity contribution < 1.29 is 23.4 Å². The minimum atomic E-state index is -3.00. The van der Waals surface area contributed by atoms with Crippen LogP contribution in [0.4, 0.5) is 0 Å². The molecule has 0 aliphatic carbocycles. The molecule has 2 unspecified atom stereocenters. The molecule has 1 fully saturated rings. The maximum atomic E-state index is 11.5. The lowest BCUT2D eigenvalue weighted by atomic mass is 9.72. The summed E-state index contributed by atoms with van der Waals surface area (Å²) in [5.41, 5.74) is -0.751. The molecule has 2 atom stereocenters. The minimum absolute atomic E-state index is 0.0601. The van der Waals surface area contributed by atoms with Crippen LogP contribution in [-0.4, -0.2) is 56.6 Å². The van der Waals surface area contributed by atoms with Gasteiger partial charge in [0.1, 0.15) is 0 Å². The van der Waals surface area contributed by atoms with Gasteiger partial charge in [0.05, 0.1) is 30.8 Å². The Balaban J connectivity index is 2.84. The van der Waals surface area contributed by atoms with Gasteiger partial charge < -0.3 is 14.9 Å². The summed E-state index contributed by atoms with van der Waals surface area (Å²) in [7, 11) is -1.44. The Kier molecular flexibility index (Phi) is 4.95. The summed E-state index contributed by atoms with van der Waals surface area (Å²) in [6, 6.07) is 0. The van der Waals surface area contributed by atoms with E-state index in [0.29, 0.717) is 12.8 Å². The minimum Gasteiger partial charge on any atom is -0.396 e. The Morgan fingerprint density at radius 3 is 2.35 bits per heavy atom. The second kappa shape index (κ2) is 5.65. The molecule has 102 valence electrons. The lowest BCUT2D eigenvalue weighted by Gasteiger charge is -2.37. The smallest absolute Gasteiger partial charge is 0.150 e. The van der Waals surface area contributed by atoms with Gasteiger partial charge in [-0.3, -0.25) is 0 Å². The van der Waals surface area contributed by atoms with Gasteiger partial charge in [-0.15, -0.1) is 0 Å². The highest BCUT2D eigenvalue weighted by molar-refractivity contribution is 7.91. The normalized spacial score (nSPS) is 26.0. The number of rotatable bonds is 6. The highest BCUT2D eigenvalue weighted by atomic mass is 32.2. The highest BCUT2D eigenvalue weighted by Gasteiger charge is 2.44. The molecule has 1 aliphatic rings. The van der Waals surface area contributed by atoms with Gasteiger partial charge in [-0.1, -0.05) is 0 Å². The van der Waals surface area contributed by atoms with Gasteiger partial charge in [0, 0.05) is 12.5 Å². The van der Waals surface area contributed by atoms with E-state index < -0.39 is 15.3 Å². The van der Waals surface area contributed by atoms with Gasteiger partial charge in [-0.25, -0.2) is 8.42 Å². The van der Waals surface area contributed by atoms with E-state index in [1.807, 2.05) is 6.92 Å². The topological polar surface area (TPSA) is 83.8 Å². The summed E-state index contributed by atoms with van der Waals surface area (Å²) in [5.74, 6) is 0.0332. The van der Waals surface area contributed by atoms with Crippen LogP contribution >= 0.6 is 0 Å². The number of methoxy groups -OCH3 is 1. The zero-order valence-corrected chi connectivity index (χ0v) is 11.2. The summed E-state index contributed by atoms with van der Waals surface area (Å²) in [5, 5.41) is 19.1. The molecule has 0 spiro atoms. The van der Waals surface area contributed by atoms with Crippen LogP contribution in [0.25, 0.3) is 0 Å². The van der Waals surface area contributed by atoms with Crippen molar-refractivity contribution in [1.82, 2.24) is 0 Å². The van der Waals surface area contributed by atoms with E-state index in [4.69, 9.17) is 4.74 Å². The quantitative estimate of drug-likeness (QED) is 0.696. The molecular weight excluding hydrogens is 244 g/mol. The monoisotopic (exact) mass is 266 g/mol. The van der Waals surface area contributed by atoms with Crippen LogP contribution in [-0.2, 0) is 14.6 Å². The summed E-state index contributed by atoms with van der Waals surface area (Å²) >= 11 is 0. The fraction of sp³-hybridized carbons (Fsp3) is 1.00. The van der Waals surface area contributed by atoms with E-state index in [-0.39, 0.29) is 36.7 Å². The first-order valence-electron chi connectivity index (χ1n) is 5.84. The van der Waals surface area contributed by atoms with Gasteiger partial charge in [-0.05, 0) is 25.7 Å². The summed E-state index contributed by atoms with van der Waals surface area (Å²) < 4.78 is 28.1. The van der Waals surface area contributed by atoms with E-state index in [1.54, 1.807) is 7.11 Å². The van der Waals surface area contributed by atoms with E-state index in [9.17, 15) is 18.6 Å². The molecule has 2 N–H and O–H groups in total. The van der Waals surface area contributed by atoms with Crippen LogP contribution in [0, 0.1) is 11.3 Å². The van der Waals surface area contributed by atoms with Crippen molar-refractivity contribution >= 4 is 9.84 Å². The lowest BCUT2D eigenvalue weighted by Crippen LogP contribution is -2.41. The number of hydrogen-bond donors (Lipinski definition) is 2. The summed E-state index contributed by atoms with van der Waals surface area (Å²) in [6.45, 7) is 1.43. The van der Waals surface area contributed by atoms with Crippen molar-refractivity contribution in [3.05, 3.63) is 0 Å².